The summed E-state index contributed by atoms with van der Waals surface area (Å²) in [6.45, 7) is 2.10. The van der Waals surface area contributed by atoms with Crippen LogP contribution in [0.2, 0.25) is 5.02 Å². The van der Waals surface area contributed by atoms with Crippen LogP contribution in [-0.2, 0) is 0 Å². The van der Waals surface area contributed by atoms with E-state index in [-0.39, 0.29) is 17.3 Å². The number of carbonyl (C=O) groups excluding carboxylic acids is 1. The number of hydrogen-bond acceptors (Lipinski definition) is 3. The normalized spacial score (nSPS) is 11.9. The van der Waals surface area contributed by atoms with Gasteiger partial charge in [0.05, 0.1) is 16.6 Å². The summed E-state index contributed by atoms with van der Waals surface area (Å²) in [5.74, 6) is -0.503. The van der Waals surface area contributed by atoms with Crippen LogP contribution in [0.3, 0.4) is 0 Å². The maximum absolute atomic E-state index is 13.3. The first kappa shape index (κ1) is 25.4. The Kier molecular flexibility index (Phi) is 7.38. The van der Waals surface area contributed by atoms with Gasteiger partial charge in [-0.25, -0.2) is 9.78 Å². The summed E-state index contributed by atoms with van der Waals surface area (Å²) in [4.78, 5) is 33.8. The standard InChI is InChI=1S/C32H27ClN2O3/c1-2-8-21(20-9-4-3-5-10-20)18-30(36)22-13-15-24(27(17-22)32(37)38)26-19-23(33)14-16-25(26)31-34-28-11-6-7-12-29(28)35-31/h3-7,9-17,19,21H,2,8,18H2,1H3,(H,34,35)(H,37,38)/t21-/m1/s1. The largest absolute Gasteiger partial charge is 0.478 e. The second kappa shape index (κ2) is 11.0. The maximum atomic E-state index is 13.3. The molecule has 190 valence electrons. The number of aromatic amines is 1. The molecule has 5 nitrogen and oxygen atoms in total. The molecule has 1 heterocycles. The van der Waals surface area contributed by atoms with Gasteiger partial charge >= 0.3 is 5.97 Å². The monoisotopic (exact) mass is 522 g/mol. The lowest BCUT2D eigenvalue weighted by Crippen LogP contribution is -2.10. The van der Waals surface area contributed by atoms with Crippen LogP contribution in [-0.4, -0.2) is 26.8 Å². The van der Waals surface area contributed by atoms with E-state index in [2.05, 4.69) is 11.9 Å². The highest BCUT2D eigenvalue weighted by molar-refractivity contribution is 6.31. The Morgan fingerprint density at radius 1 is 0.895 bits per heavy atom. The zero-order valence-corrected chi connectivity index (χ0v) is 21.7. The summed E-state index contributed by atoms with van der Waals surface area (Å²) in [6, 6.07) is 27.9. The second-order valence-corrected chi connectivity index (χ2v) is 9.82. The van der Waals surface area contributed by atoms with Crippen molar-refractivity contribution in [2.45, 2.75) is 32.1 Å². The third-order valence-corrected chi connectivity index (χ3v) is 7.06. The number of Topliss-reactive ketones (excluding diaryl/α,β-unsaturated/α-hetero) is 1. The molecule has 0 aliphatic heterocycles. The number of para-hydroxylation sites is 2. The molecule has 1 aromatic heterocycles. The average Bonchev–Trinajstić information content (AvgIpc) is 3.37. The molecule has 0 saturated heterocycles. The molecule has 1 atom stereocenters. The number of imidazole rings is 1. The number of fused-ring (bicyclic) bond motifs is 1. The van der Waals surface area contributed by atoms with Gasteiger partial charge in [-0.2, -0.15) is 0 Å². The number of carboxylic acids is 1. The van der Waals surface area contributed by atoms with Gasteiger partial charge in [-0.15, -0.1) is 0 Å². The van der Waals surface area contributed by atoms with Crippen molar-refractivity contribution in [2.75, 3.05) is 0 Å². The molecular weight excluding hydrogens is 496 g/mol. The van der Waals surface area contributed by atoms with E-state index in [0.29, 0.717) is 34.0 Å². The molecule has 0 spiro atoms. The molecule has 0 aliphatic carbocycles. The first-order valence-electron chi connectivity index (χ1n) is 12.6. The van der Waals surface area contributed by atoms with Gasteiger partial charge in [0.1, 0.15) is 5.82 Å². The van der Waals surface area contributed by atoms with E-state index in [4.69, 9.17) is 16.6 Å². The molecule has 0 aliphatic rings. The van der Waals surface area contributed by atoms with Crippen LogP contribution in [0.1, 0.15) is 58.4 Å². The highest BCUT2D eigenvalue weighted by Crippen LogP contribution is 2.37. The summed E-state index contributed by atoms with van der Waals surface area (Å²) >= 11 is 6.36. The number of hydrogen-bond donors (Lipinski definition) is 2. The minimum Gasteiger partial charge on any atom is -0.478 e. The van der Waals surface area contributed by atoms with Crippen LogP contribution in [0.4, 0.5) is 0 Å². The number of nitrogens with one attached hydrogen (secondary N) is 1. The number of rotatable bonds is 9. The summed E-state index contributed by atoms with van der Waals surface area (Å²) in [5, 5.41) is 10.6. The predicted octanol–water partition coefficient (Wildman–Crippen LogP) is 8.41. The topological polar surface area (TPSA) is 83.0 Å². The molecular formula is C32H27ClN2O3. The second-order valence-electron chi connectivity index (χ2n) is 9.38. The van der Waals surface area contributed by atoms with E-state index in [9.17, 15) is 14.7 Å². The van der Waals surface area contributed by atoms with Gasteiger partial charge in [0.15, 0.2) is 5.78 Å². The number of carboxylic acid groups (broad SMARTS) is 1. The molecule has 0 saturated carbocycles. The number of nitrogens with zero attached hydrogens (tertiary/aromatic N) is 1. The van der Waals surface area contributed by atoms with Crippen molar-refractivity contribution in [1.82, 2.24) is 9.97 Å². The SMILES string of the molecule is CCC[C@H](CC(=O)c1ccc(-c2cc(Cl)ccc2-c2nc3ccccc3[nH]2)c(C(=O)O)c1)c1ccccc1. The van der Waals surface area contributed by atoms with Crippen molar-refractivity contribution in [3.05, 3.63) is 113 Å². The van der Waals surface area contributed by atoms with Crippen LogP contribution < -0.4 is 0 Å². The number of carbonyl (C=O) groups is 2. The number of halogens is 1. The highest BCUT2D eigenvalue weighted by atomic mass is 35.5. The number of benzene rings is 4. The van der Waals surface area contributed by atoms with Crippen molar-refractivity contribution >= 4 is 34.4 Å². The lowest BCUT2D eigenvalue weighted by Gasteiger charge is -2.17. The number of H-pyrrole nitrogens is 1. The quantitative estimate of drug-likeness (QED) is 0.190. The van der Waals surface area contributed by atoms with E-state index >= 15 is 0 Å². The molecule has 0 radical (unpaired) electrons. The fraction of sp³-hybridized carbons (Fsp3) is 0.156. The Morgan fingerprint density at radius 2 is 1.63 bits per heavy atom. The Labute approximate surface area is 226 Å². The van der Waals surface area contributed by atoms with Gasteiger partial charge in [0.25, 0.3) is 0 Å². The van der Waals surface area contributed by atoms with E-state index in [0.717, 1.165) is 35.0 Å². The third kappa shape index (κ3) is 5.24. The van der Waals surface area contributed by atoms with E-state index in [1.807, 2.05) is 60.7 Å². The van der Waals surface area contributed by atoms with Crippen LogP contribution in [0, 0.1) is 0 Å². The highest BCUT2D eigenvalue weighted by Gasteiger charge is 2.22. The molecule has 0 unspecified atom stereocenters. The minimum atomic E-state index is -1.11. The smallest absolute Gasteiger partial charge is 0.336 e. The zero-order chi connectivity index (χ0) is 26.6. The Morgan fingerprint density at radius 3 is 2.37 bits per heavy atom. The summed E-state index contributed by atoms with van der Waals surface area (Å²) in [6.07, 6.45) is 2.14. The molecule has 0 bridgehead atoms. The van der Waals surface area contributed by atoms with E-state index < -0.39 is 5.97 Å². The summed E-state index contributed by atoms with van der Waals surface area (Å²) < 4.78 is 0. The fourth-order valence-corrected chi connectivity index (χ4v) is 5.13. The molecule has 5 aromatic rings. The number of ketones is 1. The van der Waals surface area contributed by atoms with Gasteiger partial charge < -0.3 is 10.1 Å². The minimum absolute atomic E-state index is 0.0437. The Balaban J connectivity index is 1.54. The van der Waals surface area contributed by atoms with Gasteiger partial charge in [-0.05, 0) is 65.4 Å². The molecule has 5 rings (SSSR count). The summed E-state index contributed by atoms with van der Waals surface area (Å²) in [5.41, 5.74) is 5.05. The van der Waals surface area contributed by atoms with Crippen LogP contribution in [0.5, 0.6) is 0 Å². The van der Waals surface area contributed by atoms with Crippen LogP contribution in [0.25, 0.3) is 33.5 Å². The fourth-order valence-electron chi connectivity index (χ4n) is 4.96. The lowest BCUT2D eigenvalue weighted by atomic mass is 9.87. The molecule has 4 aromatic carbocycles. The van der Waals surface area contributed by atoms with Gasteiger partial charge in [-0.1, -0.05) is 79.5 Å². The molecule has 38 heavy (non-hydrogen) atoms. The van der Waals surface area contributed by atoms with Gasteiger partial charge in [-0.3, -0.25) is 4.79 Å². The first-order valence-corrected chi connectivity index (χ1v) is 13.0. The molecule has 0 amide bonds. The van der Waals surface area contributed by atoms with Crippen molar-refractivity contribution in [1.29, 1.82) is 0 Å². The van der Waals surface area contributed by atoms with Gasteiger partial charge in [0.2, 0.25) is 0 Å². The molecule has 6 heteroatoms. The van der Waals surface area contributed by atoms with Crippen molar-refractivity contribution < 1.29 is 14.7 Å². The van der Waals surface area contributed by atoms with Crippen molar-refractivity contribution in [3.63, 3.8) is 0 Å². The first-order chi connectivity index (χ1) is 18.4. The zero-order valence-electron chi connectivity index (χ0n) is 20.9. The van der Waals surface area contributed by atoms with Crippen LogP contribution in [0.15, 0.2) is 91.0 Å². The third-order valence-electron chi connectivity index (χ3n) is 6.83. The Hall–Kier alpha value is -4.22. The predicted molar refractivity (Wildman–Crippen MR) is 152 cm³/mol. The molecule has 0 fully saturated rings. The maximum Gasteiger partial charge on any atom is 0.336 e. The van der Waals surface area contributed by atoms with E-state index in [1.54, 1.807) is 24.3 Å². The molecule has 2 N–H and O–H groups in total. The number of aromatic nitrogens is 2. The lowest BCUT2D eigenvalue weighted by molar-refractivity contribution is 0.0697. The summed E-state index contributed by atoms with van der Waals surface area (Å²) in [7, 11) is 0. The van der Waals surface area contributed by atoms with Gasteiger partial charge in [0, 0.05) is 22.6 Å². The van der Waals surface area contributed by atoms with Crippen LogP contribution >= 0.6 is 11.6 Å². The van der Waals surface area contributed by atoms with Crippen molar-refractivity contribution in [2.24, 2.45) is 0 Å². The Bertz CT molecular complexity index is 1590. The van der Waals surface area contributed by atoms with E-state index in [1.165, 1.54) is 6.07 Å². The van der Waals surface area contributed by atoms with Crippen molar-refractivity contribution in [3.8, 4) is 22.5 Å². The average molecular weight is 523 g/mol. The number of aromatic carboxylic acids is 1.